The number of nitrogens with two attached hydrogens (primary N) is 1. The summed E-state index contributed by atoms with van der Waals surface area (Å²) < 4.78 is 5.31. The highest BCUT2D eigenvalue weighted by Crippen LogP contribution is 2.13. The van der Waals surface area contributed by atoms with Gasteiger partial charge in [0.1, 0.15) is 10.5 Å². The minimum absolute atomic E-state index is 0.000386. The van der Waals surface area contributed by atoms with Crippen LogP contribution in [0.15, 0.2) is 0 Å². The van der Waals surface area contributed by atoms with Crippen molar-refractivity contribution in [2.75, 3.05) is 0 Å². The Bertz CT molecular complexity index is 83.1. The molecule has 56 valence electrons. The van der Waals surface area contributed by atoms with E-state index in [9.17, 15) is 0 Å². The molecule has 0 rings (SSSR count). The van der Waals surface area contributed by atoms with Crippen LogP contribution in [0.2, 0.25) is 0 Å². The minimum Gasteiger partial charge on any atom is -0.423 e. The van der Waals surface area contributed by atoms with Gasteiger partial charge in [-0.25, -0.2) is 0 Å². The lowest BCUT2D eigenvalue weighted by Crippen LogP contribution is -2.31. The van der Waals surface area contributed by atoms with Crippen LogP contribution < -0.4 is 5.73 Å². The zero-order valence-corrected chi connectivity index (χ0v) is 8.77. The zero-order chi connectivity index (χ0) is 7.49. The molecule has 0 aliphatic heterocycles. The summed E-state index contributed by atoms with van der Waals surface area (Å²) in [6.45, 7) is 6.15. The molecular weight excluding hydrogens is 130 g/mol. The van der Waals surface area contributed by atoms with Gasteiger partial charge in [-0.1, -0.05) is 0 Å². The van der Waals surface area contributed by atoms with Crippen LogP contribution in [0.3, 0.4) is 0 Å². The molecule has 9 heavy (non-hydrogen) atoms. The molecule has 0 saturated carbocycles. The molecule has 1 unspecified atom stereocenters. The molecule has 0 bridgehead atoms. The van der Waals surface area contributed by atoms with Crippen molar-refractivity contribution in [1.82, 2.24) is 0 Å². The molecule has 0 spiro atoms. The Labute approximate surface area is 60.3 Å². The molecule has 2 N–H and O–H groups in total. The first-order valence-electron chi connectivity index (χ1n) is 3.28. The van der Waals surface area contributed by atoms with Crippen molar-refractivity contribution in [2.45, 2.75) is 38.8 Å². The monoisotopic (exact) mass is 147 g/mol. The van der Waals surface area contributed by atoms with E-state index in [0.717, 1.165) is 16.9 Å². The van der Waals surface area contributed by atoms with Gasteiger partial charge in [-0.05, 0) is 27.2 Å². The maximum Gasteiger partial charge on any atom is 0.146 e. The summed E-state index contributed by atoms with van der Waals surface area (Å²) in [6.07, 6.45) is 0.941. The van der Waals surface area contributed by atoms with Crippen molar-refractivity contribution in [3.63, 3.8) is 0 Å². The third-order valence-electron chi connectivity index (χ3n) is 1.37. The van der Waals surface area contributed by atoms with E-state index in [1.54, 1.807) is 0 Å². The predicted molar refractivity (Wildman–Crippen MR) is 43.4 cm³/mol. The summed E-state index contributed by atoms with van der Waals surface area (Å²) in [5.74, 6) is 0. The summed E-state index contributed by atoms with van der Waals surface area (Å²) in [6, 6.07) is 0.244. The Kier molecular flexibility index (Phi) is 3.39. The quantitative estimate of drug-likeness (QED) is 0.561. The molecule has 0 radical (unpaired) electrons. The van der Waals surface area contributed by atoms with Crippen molar-refractivity contribution < 1.29 is 4.43 Å². The van der Waals surface area contributed by atoms with E-state index in [2.05, 4.69) is 13.8 Å². The first-order valence-corrected chi connectivity index (χ1v) is 4.10. The first kappa shape index (κ1) is 9.14. The lowest BCUT2D eigenvalue weighted by Gasteiger charge is -2.25. The zero-order valence-electron chi connectivity index (χ0n) is 6.77. The summed E-state index contributed by atoms with van der Waals surface area (Å²) in [5, 5.41) is 0. The van der Waals surface area contributed by atoms with E-state index in [1.807, 2.05) is 6.92 Å². The number of rotatable bonds is 3. The second kappa shape index (κ2) is 3.34. The van der Waals surface area contributed by atoms with E-state index in [0.29, 0.717) is 0 Å². The van der Waals surface area contributed by atoms with E-state index in [4.69, 9.17) is 10.2 Å². The highest BCUT2D eigenvalue weighted by Gasteiger charge is 2.16. The first-order chi connectivity index (χ1) is 3.98. The Morgan fingerprint density at radius 3 is 2.22 bits per heavy atom. The van der Waals surface area contributed by atoms with Crippen LogP contribution in [0.5, 0.6) is 0 Å². The van der Waals surface area contributed by atoms with Gasteiger partial charge < -0.3 is 10.2 Å². The molecule has 0 fully saturated rings. The Morgan fingerprint density at radius 2 is 2.11 bits per heavy atom. The average Bonchev–Trinajstić information content (AvgIpc) is 1.63. The van der Waals surface area contributed by atoms with E-state index in [1.165, 1.54) is 0 Å². The second-order valence-corrected chi connectivity index (χ2v) is 3.55. The van der Waals surface area contributed by atoms with Crippen LogP contribution in [0.1, 0.15) is 27.2 Å². The van der Waals surface area contributed by atoms with Gasteiger partial charge in [-0.3, -0.25) is 0 Å². The van der Waals surface area contributed by atoms with Gasteiger partial charge in [-0.2, -0.15) is 0 Å². The van der Waals surface area contributed by atoms with Crippen molar-refractivity contribution in [3.05, 3.63) is 0 Å². The third-order valence-corrected chi connectivity index (χ3v) is 2.47. The van der Waals surface area contributed by atoms with Crippen LogP contribution in [0.4, 0.5) is 0 Å². The largest absolute Gasteiger partial charge is 0.423 e. The lowest BCUT2D eigenvalue weighted by atomic mass is 10.0. The maximum atomic E-state index is 5.59. The van der Waals surface area contributed by atoms with E-state index < -0.39 is 0 Å². The summed E-state index contributed by atoms with van der Waals surface area (Å²) in [4.78, 5) is 0. The smallest absolute Gasteiger partial charge is 0.146 e. The normalized spacial score (nSPS) is 16.0. The fraction of sp³-hybridized carbons (Fsp3) is 1.00. The van der Waals surface area contributed by atoms with Crippen molar-refractivity contribution in [2.24, 2.45) is 5.73 Å². The maximum absolute atomic E-state index is 5.59. The molecule has 0 aromatic carbocycles. The molecule has 3 heteroatoms. The topological polar surface area (TPSA) is 35.2 Å². The van der Waals surface area contributed by atoms with Gasteiger partial charge in [0.2, 0.25) is 0 Å². The standard InChI is InChI=1S/C6H17NOSi/c1-5(7)4-6(2,3)8-9/h5H,4,7H2,1-3,9H3. The van der Waals surface area contributed by atoms with Gasteiger partial charge in [0.25, 0.3) is 0 Å². The van der Waals surface area contributed by atoms with Crippen LogP contribution in [0.25, 0.3) is 0 Å². The molecule has 2 nitrogen and oxygen atoms in total. The predicted octanol–water partition coefficient (Wildman–Crippen LogP) is -0.201. The van der Waals surface area contributed by atoms with Crippen LogP contribution in [-0.2, 0) is 4.43 Å². The molecule has 1 atom stereocenters. The Balaban J connectivity index is 3.58. The van der Waals surface area contributed by atoms with E-state index >= 15 is 0 Å². The fourth-order valence-corrected chi connectivity index (χ4v) is 1.03. The molecular formula is C6H17NOSi. The van der Waals surface area contributed by atoms with Crippen molar-refractivity contribution in [3.8, 4) is 0 Å². The van der Waals surface area contributed by atoms with Crippen molar-refractivity contribution >= 4 is 10.5 Å². The summed E-state index contributed by atoms with van der Waals surface area (Å²) in [7, 11) is 0.797. The lowest BCUT2D eigenvalue weighted by molar-refractivity contribution is 0.106. The molecule has 0 aromatic heterocycles. The number of hydrogen-bond donors (Lipinski definition) is 1. The average molecular weight is 147 g/mol. The molecule has 0 amide bonds. The number of hydrogen-bond acceptors (Lipinski definition) is 2. The summed E-state index contributed by atoms with van der Waals surface area (Å²) in [5.41, 5.74) is 5.59. The molecule has 0 saturated heterocycles. The van der Waals surface area contributed by atoms with Gasteiger partial charge in [0.05, 0.1) is 5.60 Å². The second-order valence-electron chi connectivity index (χ2n) is 3.15. The van der Waals surface area contributed by atoms with Gasteiger partial charge in [0, 0.05) is 6.04 Å². The third kappa shape index (κ3) is 4.63. The molecule has 0 aliphatic carbocycles. The van der Waals surface area contributed by atoms with Crippen LogP contribution >= 0.6 is 0 Å². The minimum atomic E-state index is 0.000386. The van der Waals surface area contributed by atoms with Gasteiger partial charge >= 0.3 is 0 Å². The van der Waals surface area contributed by atoms with Gasteiger partial charge in [0.15, 0.2) is 0 Å². The molecule has 0 aliphatic rings. The Hall–Kier alpha value is 0.137. The Morgan fingerprint density at radius 1 is 1.67 bits per heavy atom. The van der Waals surface area contributed by atoms with Gasteiger partial charge in [-0.15, -0.1) is 0 Å². The van der Waals surface area contributed by atoms with Crippen LogP contribution in [-0.4, -0.2) is 22.1 Å². The van der Waals surface area contributed by atoms with Crippen LogP contribution in [0, 0.1) is 0 Å². The SMILES string of the molecule is CC(N)CC(C)(C)O[SiH3]. The molecule has 0 aromatic rings. The highest BCUT2D eigenvalue weighted by molar-refractivity contribution is 5.98. The fourth-order valence-electron chi connectivity index (χ4n) is 0.859. The van der Waals surface area contributed by atoms with Crippen molar-refractivity contribution in [1.29, 1.82) is 0 Å². The summed E-state index contributed by atoms with van der Waals surface area (Å²) >= 11 is 0. The molecule has 0 heterocycles. The highest BCUT2D eigenvalue weighted by atomic mass is 28.2. The van der Waals surface area contributed by atoms with E-state index in [-0.39, 0.29) is 11.6 Å².